The molecule has 0 aliphatic carbocycles. The van der Waals surface area contributed by atoms with E-state index in [0.717, 1.165) is 17.9 Å². The predicted molar refractivity (Wildman–Crippen MR) is 60.7 cm³/mol. The molecule has 1 unspecified atom stereocenters. The van der Waals surface area contributed by atoms with Crippen LogP contribution in [0.3, 0.4) is 0 Å². The van der Waals surface area contributed by atoms with Crippen LogP contribution in [0.2, 0.25) is 0 Å². The van der Waals surface area contributed by atoms with Crippen LogP contribution in [0.5, 0.6) is 0 Å². The highest BCUT2D eigenvalue weighted by atomic mass is 32.2. The van der Waals surface area contributed by atoms with Crippen molar-refractivity contribution >= 4 is 23.7 Å². The van der Waals surface area contributed by atoms with Crippen molar-refractivity contribution in [2.45, 2.75) is 19.4 Å². The molecule has 0 aromatic rings. The van der Waals surface area contributed by atoms with Crippen molar-refractivity contribution in [3.05, 3.63) is 0 Å². The topological polar surface area (TPSA) is 75.4 Å². The van der Waals surface area contributed by atoms with Gasteiger partial charge in [0.15, 0.2) is 0 Å². The monoisotopic (exact) mass is 231 g/mol. The number of carbonyl (C=O) groups excluding carboxylic acids is 2. The normalized spacial score (nSPS) is 18.1. The van der Waals surface area contributed by atoms with E-state index in [1.165, 1.54) is 4.90 Å². The van der Waals surface area contributed by atoms with E-state index < -0.39 is 0 Å². The third kappa shape index (κ3) is 4.09. The first-order valence-electron chi connectivity index (χ1n) is 5.03. The number of nitrogens with two attached hydrogens (primary N) is 1. The Bertz CT molecular complexity index is 230. The number of amides is 3. The first-order valence-corrected chi connectivity index (χ1v) is 6.18. The van der Waals surface area contributed by atoms with Gasteiger partial charge in [0.1, 0.15) is 0 Å². The van der Waals surface area contributed by atoms with Gasteiger partial charge in [0, 0.05) is 18.3 Å². The smallest absolute Gasteiger partial charge is 0.324 e. The average molecular weight is 231 g/mol. The molecule has 0 spiro atoms. The summed E-state index contributed by atoms with van der Waals surface area (Å²) in [4.78, 5) is 23.6. The summed E-state index contributed by atoms with van der Waals surface area (Å²) in [5.41, 5.74) is 5.60. The average Bonchev–Trinajstić information content (AvgIpc) is 2.47. The summed E-state index contributed by atoms with van der Waals surface area (Å²) in [6.45, 7) is 2.61. The van der Waals surface area contributed by atoms with Crippen molar-refractivity contribution in [1.29, 1.82) is 0 Å². The highest BCUT2D eigenvalue weighted by molar-refractivity contribution is 7.99. The van der Waals surface area contributed by atoms with Crippen LogP contribution in [0.1, 0.15) is 13.3 Å². The van der Waals surface area contributed by atoms with Crippen molar-refractivity contribution < 1.29 is 9.59 Å². The number of thioether (sulfide) groups is 1. The lowest BCUT2D eigenvalue weighted by Gasteiger charge is -2.11. The molecule has 1 rings (SSSR count). The highest BCUT2D eigenvalue weighted by Crippen LogP contribution is 2.06. The van der Waals surface area contributed by atoms with Crippen LogP contribution in [0.4, 0.5) is 4.79 Å². The van der Waals surface area contributed by atoms with Gasteiger partial charge < -0.3 is 11.1 Å². The molecule has 15 heavy (non-hydrogen) atoms. The summed E-state index contributed by atoms with van der Waals surface area (Å²) in [5, 5.41) is 2.49. The van der Waals surface area contributed by atoms with Crippen LogP contribution in [0.25, 0.3) is 0 Å². The lowest BCUT2D eigenvalue weighted by Crippen LogP contribution is -2.33. The number of hydrogen-bond acceptors (Lipinski definition) is 4. The summed E-state index contributed by atoms with van der Waals surface area (Å²) < 4.78 is 0. The maximum atomic E-state index is 11.2. The van der Waals surface area contributed by atoms with Crippen molar-refractivity contribution in [2.24, 2.45) is 5.73 Å². The van der Waals surface area contributed by atoms with E-state index in [2.05, 4.69) is 5.32 Å². The number of carbonyl (C=O) groups is 2. The van der Waals surface area contributed by atoms with Gasteiger partial charge in [-0.15, -0.1) is 0 Å². The van der Waals surface area contributed by atoms with Gasteiger partial charge in [0.05, 0.1) is 6.54 Å². The Balaban J connectivity index is 2.09. The SMILES string of the molecule is CC(N)CCSCCN1C(=O)CNC1=O. The van der Waals surface area contributed by atoms with E-state index in [9.17, 15) is 9.59 Å². The first kappa shape index (κ1) is 12.3. The summed E-state index contributed by atoms with van der Waals surface area (Å²) in [5.74, 6) is 1.63. The zero-order chi connectivity index (χ0) is 11.3. The Morgan fingerprint density at radius 3 is 2.80 bits per heavy atom. The van der Waals surface area contributed by atoms with E-state index in [-0.39, 0.29) is 24.5 Å². The quantitative estimate of drug-likeness (QED) is 0.499. The van der Waals surface area contributed by atoms with Crippen LogP contribution < -0.4 is 11.1 Å². The van der Waals surface area contributed by atoms with Gasteiger partial charge >= 0.3 is 6.03 Å². The minimum Gasteiger partial charge on any atom is -0.329 e. The van der Waals surface area contributed by atoms with Gasteiger partial charge in [-0.2, -0.15) is 11.8 Å². The molecule has 1 heterocycles. The van der Waals surface area contributed by atoms with E-state index in [4.69, 9.17) is 5.73 Å². The van der Waals surface area contributed by atoms with Gasteiger partial charge in [-0.25, -0.2) is 4.79 Å². The van der Waals surface area contributed by atoms with Crippen LogP contribution >= 0.6 is 11.8 Å². The minimum absolute atomic E-state index is 0.132. The first-order chi connectivity index (χ1) is 7.11. The van der Waals surface area contributed by atoms with E-state index in [1.807, 2.05) is 6.92 Å². The number of nitrogens with one attached hydrogen (secondary N) is 1. The number of urea groups is 1. The van der Waals surface area contributed by atoms with Crippen molar-refractivity contribution in [3.63, 3.8) is 0 Å². The van der Waals surface area contributed by atoms with Gasteiger partial charge in [-0.3, -0.25) is 9.69 Å². The lowest BCUT2D eigenvalue weighted by molar-refractivity contribution is -0.124. The van der Waals surface area contributed by atoms with Crippen molar-refractivity contribution in [3.8, 4) is 0 Å². The zero-order valence-corrected chi connectivity index (χ0v) is 9.68. The molecule has 1 fully saturated rings. The summed E-state index contributed by atoms with van der Waals surface area (Å²) in [7, 11) is 0. The third-order valence-corrected chi connectivity index (χ3v) is 3.11. The predicted octanol–water partition coefficient (Wildman–Crippen LogP) is 0.00870. The number of nitrogens with zero attached hydrogens (tertiary/aromatic N) is 1. The number of rotatable bonds is 6. The Morgan fingerprint density at radius 1 is 1.53 bits per heavy atom. The molecular formula is C9H17N3O2S. The summed E-state index contributed by atoms with van der Waals surface area (Å²) >= 11 is 1.72. The van der Waals surface area contributed by atoms with Gasteiger partial charge in [-0.05, 0) is 19.1 Å². The lowest BCUT2D eigenvalue weighted by atomic mass is 10.3. The fraction of sp³-hybridized carbons (Fsp3) is 0.778. The molecule has 0 aromatic carbocycles. The second-order valence-electron chi connectivity index (χ2n) is 3.58. The molecule has 1 aliphatic heterocycles. The molecule has 0 aromatic heterocycles. The molecule has 0 saturated carbocycles. The largest absolute Gasteiger partial charge is 0.329 e. The molecule has 6 heteroatoms. The molecule has 1 atom stereocenters. The molecule has 0 radical (unpaired) electrons. The Morgan fingerprint density at radius 2 is 2.27 bits per heavy atom. The minimum atomic E-state index is -0.271. The fourth-order valence-electron chi connectivity index (χ4n) is 1.21. The maximum Gasteiger partial charge on any atom is 0.324 e. The van der Waals surface area contributed by atoms with E-state index >= 15 is 0 Å². The Hall–Kier alpha value is -0.750. The Kier molecular flexibility index (Phi) is 4.90. The number of hydrogen-bond donors (Lipinski definition) is 2. The molecule has 5 nitrogen and oxygen atoms in total. The fourth-order valence-corrected chi connectivity index (χ4v) is 2.26. The van der Waals surface area contributed by atoms with Crippen LogP contribution in [-0.4, -0.2) is 47.5 Å². The second-order valence-corrected chi connectivity index (χ2v) is 4.81. The molecule has 1 aliphatic rings. The number of imide groups is 1. The maximum absolute atomic E-state index is 11.2. The molecule has 86 valence electrons. The standard InChI is InChI=1S/C9H17N3O2S/c1-7(10)2-4-15-5-3-12-8(13)6-11-9(12)14/h7H,2-6,10H2,1H3,(H,11,14). The van der Waals surface area contributed by atoms with Crippen LogP contribution in [0.15, 0.2) is 0 Å². The van der Waals surface area contributed by atoms with Gasteiger partial charge in [0.2, 0.25) is 5.91 Å². The van der Waals surface area contributed by atoms with Gasteiger partial charge in [-0.1, -0.05) is 0 Å². The molecule has 0 bridgehead atoms. The van der Waals surface area contributed by atoms with Gasteiger partial charge in [0.25, 0.3) is 0 Å². The van der Waals surface area contributed by atoms with E-state index in [0.29, 0.717) is 6.54 Å². The van der Waals surface area contributed by atoms with Crippen LogP contribution in [0, 0.1) is 0 Å². The van der Waals surface area contributed by atoms with E-state index in [1.54, 1.807) is 11.8 Å². The Labute approximate surface area is 93.7 Å². The second kappa shape index (κ2) is 5.97. The molecule has 3 N–H and O–H groups in total. The molecular weight excluding hydrogens is 214 g/mol. The van der Waals surface area contributed by atoms with Crippen molar-refractivity contribution in [2.75, 3.05) is 24.6 Å². The molecule has 1 saturated heterocycles. The third-order valence-electron chi connectivity index (χ3n) is 2.11. The summed E-state index contributed by atoms with van der Waals surface area (Å²) in [6.07, 6.45) is 0.963. The zero-order valence-electron chi connectivity index (χ0n) is 8.86. The van der Waals surface area contributed by atoms with Crippen LogP contribution in [-0.2, 0) is 4.79 Å². The summed E-state index contributed by atoms with van der Waals surface area (Å²) in [6, 6.07) is -0.0537. The van der Waals surface area contributed by atoms with Crippen molar-refractivity contribution in [1.82, 2.24) is 10.2 Å². The molecule has 3 amide bonds. The highest BCUT2D eigenvalue weighted by Gasteiger charge is 2.27.